The fraction of sp³-hybridized carbons (Fsp3) is 0.308. The van der Waals surface area contributed by atoms with Crippen LogP contribution in [-0.4, -0.2) is 28.1 Å². The van der Waals surface area contributed by atoms with Gasteiger partial charge in [-0.25, -0.2) is 10.0 Å². The number of hydrogen-bond donors (Lipinski definition) is 0. The van der Waals surface area contributed by atoms with Crippen LogP contribution in [0.4, 0.5) is 17.1 Å². The van der Waals surface area contributed by atoms with E-state index in [1.165, 1.54) is 4.90 Å². The Balaban J connectivity index is 1.73. The van der Waals surface area contributed by atoms with Crippen LogP contribution in [0.15, 0.2) is 77.7 Å². The molecule has 34 heavy (non-hydrogen) atoms. The van der Waals surface area contributed by atoms with Crippen molar-refractivity contribution in [1.29, 1.82) is 0 Å². The van der Waals surface area contributed by atoms with Gasteiger partial charge >= 0.3 is 0 Å². The van der Waals surface area contributed by atoms with Gasteiger partial charge in [0.1, 0.15) is 0 Å². The van der Waals surface area contributed by atoms with E-state index in [0.717, 1.165) is 35.4 Å². The van der Waals surface area contributed by atoms with Crippen molar-refractivity contribution in [1.82, 2.24) is 0 Å². The van der Waals surface area contributed by atoms with Crippen LogP contribution in [0.25, 0.3) is 0 Å². The Hall–Kier alpha value is -3.39. The Morgan fingerprint density at radius 2 is 1.18 bits per heavy atom. The minimum Gasteiger partial charge on any atom is -0.357 e. The second kappa shape index (κ2) is 9.46. The molecule has 0 N–H and O–H groups in total. The zero-order valence-corrected chi connectivity index (χ0v) is 20.4. The molecule has 0 aliphatic carbocycles. The number of non-ortho nitro benzene ring substituents is 2. The normalized spacial score (nSPS) is 18.6. The Kier molecular flexibility index (Phi) is 6.61. The predicted molar refractivity (Wildman–Crippen MR) is 138 cm³/mol. The first kappa shape index (κ1) is 23.8. The summed E-state index contributed by atoms with van der Waals surface area (Å²) in [6.45, 7) is 2.22. The van der Waals surface area contributed by atoms with E-state index in [0.29, 0.717) is 0 Å². The first-order valence-corrected chi connectivity index (χ1v) is 13.9. The van der Waals surface area contributed by atoms with Gasteiger partial charge in [0.05, 0.1) is 21.9 Å². The molecule has 0 bridgehead atoms. The summed E-state index contributed by atoms with van der Waals surface area (Å²) in [6.07, 6.45) is 6.40. The minimum atomic E-state index is -0.842. The van der Waals surface area contributed by atoms with Crippen molar-refractivity contribution in [3.8, 4) is 0 Å². The third-order valence-corrected chi connectivity index (χ3v) is 9.85. The highest BCUT2D eigenvalue weighted by Crippen LogP contribution is 2.51. The third-order valence-electron chi connectivity index (χ3n) is 6.86. The number of rotatable bonds is 7. The number of anilines is 1. The SMILES string of the molecule is CCS(C)(C)c1ccc(N2[C@H](c3ccc([N+](=O)[O-])cc3)CC[C@H]2c2ccc([N+](=O)[O-])cc2)cc1. The van der Waals surface area contributed by atoms with Crippen LogP contribution in [0.5, 0.6) is 0 Å². The summed E-state index contributed by atoms with van der Waals surface area (Å²) in [6, 6.07) is 22.5. The molecule has 2 atom stereocenters. The summed E-state index contributed by atoms with van der Waals surface area (Å²) in [5, 5.41) is 22.2. The Bertz CT molecular complexity index is 1110. The highest BCUT2D eigenvalue weighted by atomic mass is 32.3. The highest BCUT2D eigenvalue weighted by Gasteiger charge is 2.36. The van der Waals surface area contributed by atoms with Crippen molar-refractivity contribution in [3.05, 3.63) is 104 Å². The van der Waals surface area contributed by atoms with Gasteiger partial charge in [0.2, 0.25) is 0 Å². The predicted octanol–water partition coefficient (Wildman–Crippen LogP) is 7.03. The zero-order valence-electron chi connectivity index (χ0n) is 19.6. The van der Waals surface area contributed by atoms with E-state index in [1.54, 1.807) is 24.3 Å². The Morgan fingerprint density at radius 3 is 1.53 bits per heavy atom. The molecule has 7 nitrogen and oxygen atoms in total. The maximum Gasteiger partial charge on any atom is 0.269 e. The van der Waals surface area contributed by atoms with Gasteiger partial charge in [0.25, 0.3) is 11.4 Å². The monoisotopic (exact) mass is 479 g/mol. The molecule has 0 spiro atoms. The van der Waals surface area contributed by atoms with Gasteiger partial charge < -0.3 is 4.90 Å². The first-order chi connectivity index (χ1) is 16.2. The second-order valence-corrected chi connectivity index (χ2v) is 13.2. The molecule has 178 valence electrons. The molecule has 1 fully saturated rings. The molecule has 1 saturated heterocycles. The molecule has 8 heteroatoms. The van der Waals surface area contributed by atoms with E-state index < -0.39 is 10.0 Å². The van der Waals surface area contributed by atoms with Gasteiger partial charge in [-0.05, 0) is 71.4 Å². The molecule has 1 aliphatic rings. The maximum atomic E-state index is 11.1. The molecular weight excluding hydrogens is 450 g/mol. The van der Waals surface area contributed by atoms with E-state index in [2.05, 4.69) is 48.6 Å². The minimum absolute atomic E-state index is 0.0541. The van der Waals surface area contributed by atoms with Crippen molar-refractivity contribution in [2.45, 2.75) is 36.7 Å². The van der Waals surface area contributed by atoms with Crippen LogP contribution in [-0.2, 0) is 0 Å². The number of nitro benzene ring substituents is 2. The summed E-state index contributed by atoms with van der Waals surface area (Å²) in [7, 11) is -0.842. The van der Waals surface area contributed by atoms with Gasteiger partial charge in [0, 0.05) is 30.0 Å². The van der Waals surface area contributed by atoms with Crippen molar-refractivity contribution in [2.75, 3.05) is 23.2 Å². The lowest BCUT2D eigenvalue weighted by Crippen LogP contribution is -2.26. The molecule has 0 unspecified atom stereocenters. The fourth-order valence-electron chi connectivity index (χ4n) is 4.62. The molecular formula is C26H29N3O4S. The number of nitro groups is 2. The van der Waals surface area contributed by atoms with E-state index in [1.807, 2.05) is 24.3 Å². The average molecular weight is 480 g/mol. The lowest BCUT2D eigenvalue weighted by Gasteiger charge is -2.35. The summed E-state index contributed by atoms with van der Waals surface area (Å²) in [5.74, 6) is 1.12. The topological polar surface area (TPSA) is 89.5 Å². The van der Waals surface area contributed by atoms with Gasteiger partial charge in [0.15, 0.2) is 0 Å². The van der Waals surface area contributed by atoms with Crippen LogP contribution in [0.2, 0.25) is 0 Å². The molecule has 1 heterocycles. The quantitative estimate of drug-likeness (QED) is 0.268. The molecule has 0 saturated carbocycles. The van der Waals surface area contributed by atoms with Crippen LogP contribution in [0, 0.1) is 20.2 Å². The molecule has 1 aliphatic heterocycles. The number of benzene rings is 3. The summed E-state index contributed by atoms with van der Waals surface area (Å²) >= 11 is 0. The Morgan fingerprint density at radius 1 is 0.765 bits per heavy atom. The van der Waals surface area contributed by atoms with Gasteiger partial charge in [-0.15, -0.1) is 0 Å². The van der Waals surface area contributed by atoms with Crippen LogP contribution in [0.3, 0.4) is 0 Å². The third kappa shape index (κ3) is 4.63. The van der Waals surface area contributed by atoms with E-state index in [-0.39, 0.29) is 33.3 Å². The number of hydrogen-bond acceptors (Lipinski definition) is 5. The standard InChI is InChI=1S/C26H29N3O4S/c1-4-34(2,3)24-15-13-21(14-16-24)27-25(19-5-9-22(10-6-19)28(30)31)17-18-26(27)20-7-11-23(12-8-20)29(32)33/h5-16,25-26H,4,17-18H2,1-3H3/t25-,26-/m0/s1. The second-order valence-electron chi connectivity index (χ2n) is 9.03. The van der Waals surface area contributed by atoms with Gasteiger partial charge in [-0.3, -0.25) is 20.2 Å². The van der Waals surface area contributed by atoms with Crippen molar-refractivity contribution in [3.63, 3.8) is 0 Å². The molecule has 0 aromatic heterocycles. The van der Waals surface area contributed by atoms with Crippen molar-refractivity contribution >= 4 is 27.1 Å². The largest absolute Gasteiger partial charge is 0.357 e. The maximum absolute atomic E-state index is 11.1. The molecule has 3 aromatic rings. The van der Waals surface area contributed by atoms with Crippen molar-refractivity contribution in [2.24, 2.45) is 0 Å². The highest BCUT2D eigenvalue weighted by molar-refractivity contribution is 8.32. The van der Waals surface area contributed by atoms with Gasteiger partial charge in [-0.2, -0.15) is 0 Å². The average Bonchev–Trinajstić information content (AvgIpc) is 3.29. The zero-order chi connectivity index (χ0) is 24.5. The molecule has 4 rings (SSSR count). The van der Waals surface area contributed by atoms with Gasteiger partial charge in [-0.1, -0.05) is 31.2 Å². The van der Waals surface area contributed by atoms with Crippen molar-refractivity contribution < 1.29 is 9.85 Å². The first-order valence-electron chi connectivity index (χ1n) is 11.3. The van der Waals surface area contributed by atoms with Crippen LogP contribution >= 0.6 is 10.0 Å². The Labute approximate surface area is 201 Å². The smallest absolute Gasteiger partial charge is 0.269 e. The fourth-order valence-corrected chi connectivity index (χ4v) is 5.82. The molecule has 3 aromatic carbocycles. The summed E-state index contributed by atoms with van der Waals surface area (Å²) < 4.78 is 0. The number of nitrogens with zero attached hydrogens (tertiary/aromatic N) is 3. The molecule has 0 radical (unpaired) electrons. The van der Waals surface area contributed by atoms with Crippen LogP contribution < -0.4 is 4.90 Å². The lowest BCUT2D eigenvalue weighted by molar-refractivity contribution is -0.385. The van der Waals surface area contributed by atoms with E-state index >= 15 is 0 Å². The lowest BCUT2D eigenvalue weighted by atomic mass is 10.0. The van der Waals surface area contributed by atoms with Crippen LogP contribution in [0.1, 0.15) is 43.0 Å². The van der Waals surface area contributed by atoms with E-state index in [9.17, 15) is 20.2 Å². The summed E-state index contributed by atoms with van der Waals surface area (Å²) in [5.41, 5.74) is 3.29. The molecule has 0 amide bonds. The van der Waals surface area contributed by atoms with E-state index in [4.69, 9.17) is 0 Å². The summed E-state index contributed by atoms with van der Waals surface area (Å²) in [4.78, 5) is 25.2.